The van der Waals surface area contributed by atoms with Gasteiger partial charge in [0.2, 0.25) is 0 Å². The zero-order valence-electron chi connectivity index (χ0n) is 7.20. The first-order valence-electron chi connectivity index (χ1n) is 4.60. The third-order valence-electron chi connectivity index (χ3n) is 2.60. The lowest BCUT2D eigenvalue weighted by Gasteiger charge is -2.27. The van der Waals surface area contributed by atoms with Crippen molar-refractivity contribution >= 4 is 18.6 Å². The summed E-state index contributed by atoms with van der Waals surface area (Å²) in [5.41, 5.74) is 0. The van der Waals surface area contributed by atoms with E-state index >= 15 is 0 Å². The summed E-state index contributed by atoms with van der Waals surface area (Å²) < 4.78 is 0. The molecule has 2 atom stereocenters. The molecule has 1 saturated carbocycles. The standard InChI is InChI=1S/C9H16O2S/c10-9(11)6-5-7-3-1-2-4-8(7)12/h7-8,12H,1-6H2,(H,10,11). The number of hydrogen-bond acceptors (Lipinski definition) is 2. The molecule has 0 aliphatic heterocycles. The van der Waals surface area contributed by atoms with Gasteiger partial charge in [0.05, 0.1) is 0 Å². The number of thiol groups is 1. The molecular weight excluding hydrogens is 172 g/mol. The average Bonchev–Trinajstić information content (AvgIpc) is 2.03. The van der Waals surface area contributed by atoms with Gasteiger partial charge in [0.25, 0.3) is 0 Å². The maximum atomic E-state index is 10.3. The van der Waals surface area contributed by atoms with E-state index in [9.17, 15) is 4.79 Å². The Hall–Kier alpha value is -0.180. The summed E-state index contributed by atoms with van der Waals surface area (Å²) in [6.45, 7) is 0. The maximum absolute atomic E-state index is 10.3. The Morgan fingerprint density at radius 3 is 2.67 bits per heavy atom. The summed E-state index contributed by atoms with van der Waals surface area (Å²) in [7, 11) is 0. The van der Waals surface area contributed by atoms with Gasteiger partial charge in [-0.25, -0.2) is 0 Å². The highest BCUT2D eigenvalue weighted by atomic mass is 32.1. The molecule has 0 aromatic heterocycles. The molecule has 0 amide bonds. The fraction of sp³-hybridized carbons (Fsp3) is 0.889. The smallest absolute Gasteiger partial charge is 0.303 e. The first-order chi connectivity index (χ1) is 5.70. The van der Waals surface area contributed by atoms with Crippen molar-refractivity contribution in [2.75, 3.05) is 0 Å². The van der Waals surface area contributed by atoms with E-state index < -0.39 is 5.97 Å². The molecule has 1 rings (SSSR count). The second-order valence-electron chi connectivity index (χ2n) is 3.54. The SMILES string of the molecule is O=C(O)CCC1CCCCC1S. The molecule has 3 heteroatoms. The summed E-state index contributed by atoms with van der Waals surface area (Å²) in [4.78, 5) is 10.3. The highest BCUT2D eigenvalue weighted by Gasteiger charge is 2.22. The van der Waals surface area contributed by atoms with Crippen molar-refractivity contribution in [1.82, 2.24) is 0 Å². The fourth-order valence-corrected chi connectivity index (χ4v) is 2.31. The summed E-state index contributed by atoms with van der Waals surface area (Å²) in [5, 5.41) is 8.95. The van der Waals surface area contributed by atoms with Crippen molar-refractivity contribution in [3.63, 3.8) is 0 Å². The van der Waals surface area contributed by atoms with Gasteiger partial charge in [0.1, 0.15) is 0 Å². The zero-order chi connectivity index (χ0) is 8.97. The van der Waals surface area contributed by atoms with Crippen LogP contribution >= 0.6 is 12.6 Å². The molecule has 0 bridgehead atoms. The molecule has 70 valence electrons. The van der Waals surface area contributed by atoms with Crippen molar-refractivity contribution in [3.8, 4) is 0 Å². The van der Waals surface area contributed by atoms with Crippen molar-refractivity contribution in [3.05, 3.63) is 0 Å². The van der Waals surface area contributed by atoms with Crippen molar-refractivity contribution < 1.29 is 9.90 Å². The molecule has 0 aromatic rings. The van der Waals surface area contributed by atoms with Crippen LogP contribution in [0.25, 0.3) is 0 Å². The van der Waals surface area contributed by atoms with E-state index in [0.717, 1.165) is 12.8 Å². The van der Waals surface area contributed by atoms with Crippen LogP contribution in [0.3, 0.4) is 0 Å². The first-order valence-corrected chi connectivity index (χ1v) is 5.11. The Morgan fingerprint density at radius 2 is 2.08 bits per heavy atom. The van der Waals surface area contributed by atoms with Crippen LogP contribution in [0.1, 0.15) is 38.5 Å². The molecule has 0 heterocycles. The number of carboxylic acid groups (broad SMARTS) is 1. The maximum Gasteiger partial charge on any atom is 0.303 e. The molecular formula is C9H16O2S. The number of hydrogen-bond donors (Lipinski definition) is 2. The highest BCUT2D eigenvalue weighted by molar-refractivity contribution is 7.81. The molecule has 2 unspecified atom stereocenters. The molecule has 0 spiro atoms. The molecule has 1 aliphatic carbocycles. The molecule has 0 aromatic carbocycles. The Balaban J connectivity index is 2.24. The van der Waals surface area contributed by atoms with Crippen LogP contribution in [0.15, 0.2) is 0 Å². The Kier molecular flexibility index (Phi) is 3.92. The molecule has 2 nitrogen and oxygen atoms in total. The molecule has 1 aliphatic rings. The minimum absolute atomic E-state index is 0.307. The van der Waals surface area contributed by atoms with Gasteiger partial charge < -0.3 is 5.11 Å². The fourth-order valence-electron chi connectivity index (χ4n) is 1.83. The quantitative estimate of drug-likeness (QED) is 0.667. The van der Waals surface area contributed by atoms with Gasteiger partial charge in [-0.1, -0.05) is 12.8 Å². The van der Waals surface area contributed by atoms with Crippen LogP contribution in [0.4, 0.5) is 0 Å². The first kappa shape index (κ1) is 9.90. The van der Waals surface area contributed by atoms with Crippen LogP contribution in [-0.2, 0) is 4.79 Å². The monoisotopic (exact) mass is 188 g/mol. The second-order valence-corrected chi connectivity index (χ2v) is 4.21. The molecule has 0 saturated heterocycles. The highest BCUT2D eigenvalue weighted by Crippen LogP contribution is 2.31. The minimum atomic E-state index is -0.680. The lowest BCUT2D eigenvalue weighted by atomic mass is 9.85. The van der Waals surface area contributed by atoms with Crippen molar-refractivity contribution in [2.24, 2.45) is 5.92 Å². The van der Waals surface area contributed by atoms with E-state index in [4.69, 9.17) is 5.11 Å². The summed E-state index contributed by atoms with van der Waals surface area (Å²) in [6, 6.07) is 0. The molecule has 12 heavy (non-hydrogen) atoms. The number of carbonyl (C=O) groups is 1. The molecule has 0 radical (unpaired) electrons. The third-order valence-corrected chi connectivity index (χ3v) is 3.28. The number of rotatable bonds is 3. The van der Waals surface area contributed by atoms with Crippen LogP contribution < -0.4 is 0 Å². The lowest BCUT2D eigenvalue weighted by molar-refractivity contribution is -0.137. The van der Waals surface area contributed by atoms with Gasteiger partial charge in [0.15, 0.2) is 0 Å². The third kappa shape index (κ3) is 3.05. The van der Waals surface area contributed by atoms with E-state index in [1.807, 2.05) is 0 Å². The van der Waals surface area contributed by atoms with Crippen molar-refractivity contribution in [1.29, 1.82) is 0 Å². The van der Waals surface area contributed by atoms with Crippen LogP contribution in [-0.4, -0.2) is 16.3 Å². The topological polar surface area (TPSA) is 37.3 Å². The predicted octanol–water partition coefficient (Wildman–Crippen LogP) is 2.34. The van der Waals surface area contributed by atoms with Crippen molar-refractivity contribution in [2.45, 2.75) is 43.8 Å². The second kappa shape index (κ2) is 4.75. The molecule has 1 fully saturated rings. The van der Waals surface area contributed by atoms with Gasteiger partial charge in [-0.05, 0) is 25.2 Å². The lowest BCUT2D eigenvalue weighted by Crippen LogP contribution is -2.20. The number of aliphatic carboxylic acids is 1. The minimum Gasteiger partial charge on any atom is -0.481 e. The number of carboxylic acids is 1. The van der Waals surface area contributed by atoms with E-state index in [2.05, 4.69) is 12.6 Å². The van der Waals surface area contributed by atoms with Gasteiger partial charge in [0, 0.05) is 11.7 Å². The van der Waals surface area contributed by atoms with Crippen LogP contribution in [0.5, 0.6) is 0 Å². The van der Waals surface area contributed by atoms with Gasteiger partial charge in [-0.3, -0.25) is 4.79 Å². The van der Waals surface area contributed by atoms with Gasteiger partial charge in [-0.15, -0.1) is 0 Å². The van der Waals surface area contributed by atoms with E-state index in [1.54, 1.807) is 0 Å². The van der Waals surface area contributed by atoms with E-state index in [1.165, 1.54) is 19.3 Å². The van der Waals surface area contributed by atoms with Crippen LogP contribution in [0, 0.1) is 5.92 Å². The predicted molar refractivity (Wildman–Crippen MR) is 51.6 cm³/mol. The largest absolute Gasteiger partial charge is 0.481 e. The van der Waals surface area contributed by atoms with E-state index in [0.29, 0.717) is 17.6 Å². The Labute approximate surface area is 78.8 Å². The Bertz CT molecular complexity index is 159. The zero-order valence-corrected chi connectivity index (χ0v) is 8.09. The summed E-state index contributed by atoms with van der Waals surface area (Å²) in [5.74, 6) is -0.140. The van der Waals surface area contributed by atoms with Gasteiger partial charge in [-0.2, -0.15) is 12.6 Å². The summed E-state index contributed by atoms with van der Waals surface area (Å²) in [6.07, 6.45) is 5.96. The van der Waals surface area contributed by atoms with E-state index in [-0.39, 0.29) is 0 Å². The normalized spacial score (nSPS) is 30.1. The summed E-state index contributed by atoms with van der Waals surface area (Å²) >= 11 is 4.47. The Morgan fingerprint density at radius 1 is 1.42 bits per heavy atom. The van der Waals surface area contributed by atoms with Gasteiger partial charge >= 0.3 is 5.97 Å². The molecule has 1 N–H and O–H groups in total. The van der Waals surface area contributed by atoms with Crippen LogP contribution in [0.2, 0.25) is 0 Å². The average molecular weight is 188 g/mol.